The largest absolute Gasteiger partial charge is 0.378 e. The highest BCUT2D eigenvalue weighted by molar-refractivity contribution is 4.91. The Morgan fingerprint density at radius 2 is 1.33 bits per heavy atom. The lowest BCUT2D eigenvalue weighted by Gasteiger charge is -2.41. The summed E-state index contributed by atoms with van der Waals surface area (Å²) < 4.78 is 43.1. The lowest BCUT2D eigenvalue weighted by atomic mass is 9.68. The molecule has 4 aliphatic rings. The lowest BCUT2D eigenvalue weighted by Crippen LogP contribution is -2.38. The van der Waals surface area contributed by atoms with E-state index in [2.05, 4.69) is 6.58 Å². The Balaban J connectivity index is 1.03. The predicted octanol–water partition coefficient (Wildman–Crippen LogP) is 8.69. The zero-order valence-electron chi connectivity index (χ0n) is 22.4. The summed E-state index contributed by atoms with van der Waals surface area (Å²) in [5, 5.41) is 0. The minimum atomic E-state index is -1.51. The first kappa shape index (κ1) is 28.2. The maximum absolute atomic E-state index is 12.4. The van der Waals surface area contributed by atoms with Gasteiger partial charge in [-0.25, -0.2) is 0 Å². The number of rotatable bonds is 11. The molecule has 0 atom stereocenters. The highest BCUT2D eigenvalue weighted by Gasteiger charge is 2.35. The van der Waals surface area contributed by atoms with Gasteiger partial charge in [-0.15, -0.1) is 6.58 Å². The van der Waals surface area contributed by atoms with Crippen LogP contribution in [0.15, 0.2) is 24.8 Å². The zero-order chi connectivity index (χ0) is 25.2. The molecule has 36 heavy (non-hydrogen) atoms. The fourth-order valence-corrected chi connectivity index (χ4v) is 7.51. The molecular formula is C31H50F2O3. The summed E-state index contributed by atoms with van der Waals surface area (Å²) in [6, 6.07) is 0. The first-order valence-corrected chi connectivity index (χ1v) is 15.1. The molecule has 206 valence electrons. The lowest BCUT2D eigenvalue weighted by molar-refractivity contribution is -0.212. The number of halogens is 2. The van der Waals surface area contributed by atoms with E-state index in [0.717, 1.165) is 82.5 Å². The summed E-state index contributed by atoms with van der Waals surface area (Å²) in [4.78, 5) is 0. The van der Waals surface area contributed by atoms with Crippen LogP contribution in [0, 0.1) is 35.5 Å². The molecule has 1 aliphatic heterocycles. The monoisotopic (exact) mass is 508 g/mol. The summed E-state index contributed by atoms with van der Waals surface area (Å²) in [6.45, 7) is 6.41. The van der Waals surface area contributed by atoms with Gasteiger partial charge in [-0.2, -0.15) is 8.78 Å². The van der Waals surface area contributed by atoms with Crippen LogP contribution in [0.2, 0.25) is 0 Å². The highest BCUT2D eigenvalue weighted by Crippen LogP contribution is 2.43. The summed E-state index contributed by atoms with van der Waals surface area (Å²) in [7, 11) is 0. The molecule has 0 radical (unpaired) electrons. The van der Waals surface area contributed by atoms with Crippen LogP contribution in [-0.4, -0.2) is 32.2 Å². The van der Waals surface area contributed by atoms with Crippen LogP contribution in [-0.2, 0) is 14.2 Å². The molecule has 0 N–H and O–H groups in total. The Bertz CT molecular complexity index is 647. The molecule has 3 aliphatic carbocycles. The van der Waals surface area contributed by atoms with E-state index < -0.39 is 6.08 Å². The van der Waals surface area contributed by atoms with Gasteiger partial charge in [0.2, 0.25) is 0 Å². The van der Waals surface area contributed by atoms with Gasteiger partial charge in [0.15, 0.2) is 6.29 Å². The van der Waals surface area contributed by atoms with Crippen molar-refractivity contribution in [2.75, 3.05) is 19.8 Å². The minimum absolute atomic E-state index is 0.0221. The van der Waals surface area contributed by atoms with Crippen LogP contribution in [0.3, 0.4) is 0 Å². The van der Waals surface area contributed by atoms with Gasteiger partial charge in [0, 0.05) is 18.9 Å². The average molecular weight is 509 g/mol. The molecule has 3 saturated carbocycles. The number of allylic oxidation sites excluding steroid dienone is 2. The van der Waals surface area contributed by atoms with Crippen LogP contribution in [0.1, 0.15) is 103 Å². The van der Waals surface area contributed by atoms with Crippen LogP contribution < -0.4 is 0 Å². The number of hydrogen-bond donors (Lipinski definition) is 0. The van der Waals surface area contributed by atoms with Crippen molar-refractivity contribution < 1.29 is 23.0 Å². The Morgan fingerprint density at radius 3 is 1.92 bits per heavy atom. The quantitative estimate of drug-likeness (QED) is 0.206. The highest BCUT2D eigenvalue weighted by atomic mass is 19.3. The van der Waals surface area contributed by atoms with Crippen molar-refractivity contribution in [1.82, 2.24) is 0 Å². The van der Waals surface area contributed by atoms with Gasteiger partial charge >= 0.3 is 0 Å². The summed E-state index contributed by atoms with van der Waals surface area (Å²) in [6.07, 6.45) is 20.9. The van der Waals surface area contributed by atoms with Gasteiger partial charge in [0.1, 0.15) is 0 Å². The van der Waals surface area contributed by atoms with E-state index in [1.54, 1.807) is 0 Å². The molecule has 0 aromatic carbocycles. The van der Waals surface area contributed by atoms with Crippen molar-refractivity contribution in [3.8, 4) is 0 Å². The van der Waals surface area contributed by atoms with Crippen molar-refractivity contribution in [2.24, 2.45) is 35.5 Å². The Labute approximate surface area is 218 Å². The van der Waals surface area contributed by atoms with Crippen molar-refractivity contribution in [3.63, 3.8) is 0 Å². The second-order valence-electron chi connectivity index (χ2n) is 12.2. The Hall–Kier alpha value is -0.780. The third-order valence-corrected chi connectivity index (χ3v) is 9.83. The molecule has 0 spiro atoms. The Kier molecular flexibility index (Phi) is 11.7. The molecule has 1 heterocycles. The fraction of sp³-hybridized carbons (Fsp3) is 0.871. The van der Waals surface area contributed by atoms with Gasteiger partial charge < -0.3 is 14.2 Å². The maximum atomic E-state index is 12.4. The molecule has 0 aromatic rings. The second-order valence-corrected chi connectivity index (χ2v) is 12.2. The summed E-state index contributed by atoms with van der Waals surface area (Å²) >= 11 is 0. The van der Waals surface area contributed by atoms with Gasteiger partial charge in [-0.3, -0.25) is 0 Å². The smallest absolute Gasteiger partial charge is 0.266 e. The SMILES string of the molecule is C=CCCC1OCC(C2CCC(C3CCC(OCCCC4CCC(C=C(F)F)CC4)CC3)CC2)CO1. The molecule has 1 saturated heterocycles. The number of hydrogen-bond acceptors (Lipinski definition) is 3. The van der Waals surface area contributed by atoms with E-state index in [-0.39, 0.29) is 12.2 Å². The van der Waals surface area contributed by atoms with Gasteiger partial charge in [-0.1, -0.05) is 6.08 Å². The molecule has 0 unspecified atom stereocenters. The molecule has 0 bridgehead atoms. The molecule has 0 aromatic heterocycles. The van der Waals surface area contributed by atoms with Crippen molar-refractivity contribution >= 4 is 0 Å². The van der Waals surface area contributed by atoms with E-state index in [0.29, 0.717) is 17.9 Å². The van der Waals surface area contributed by atoms with Gasteiger partial charge in [0.25, 0.3) is 6.08 Å². The van der Waals surface area contributed by atoms with E-state index in [9.17, 15) is 8.78 Å². The van der Waals surface area contributed by atoms with Crippen molar-refractivity contribution in [1.29, 1.82) is 0 Å². The van der Waals surface area contributed by atoms with E-state index in [4.69, 9.17) is 14.2 Å². The third-order valence-electron chi connectivity index (χ3n) is 9.83. The summed E-state index contributed by atoms with van der Waals surface area (Å²) in [5.41, 5.74) is 0. The van der Waals surface area contributed by atoms with Crippen LogP contribution >= 0.6 is 0 Å². The van der Waals surface area contributed by atoms with Gasteiger partial charge in [-0.05, 0) is 132 Å². The molecule has 0 amide bonds. The van der Waals surface area contributed by atoms with Crippen molar-refractivity contribution in [2.45, 2.75) is 115 Å². The van der Waals surface area contributed by atoms with E-state index in [1.165, 1.54) is 63.9 Å². The molecule has 4 fully saturated rings. The van der Waals surface area contributed by atoms with E-state index in [1.807, 2.05) is 6.08 Å². The van der Waals surface area contributed by atoms with Crippen LogP contribution in [0.25, 0.3) is 0 Å². The third kappa shape index (κ3) is 8.91. The number of ether oxygens (including phenoxy) is 3. The fourth-order valence-electron chi connectivity index (χ4n) is 7.51. The van der Waals surface area contributed by atoms with Crippen LogP contribution in [0.5, 0.6) is 0 Å². The first-order valence-electron chi connectivity index (χ1n) is 15.1. The standard InChI is InChI=1S/C31H50F2O3/c1-2-3-6-31-35-21-28(22-36-31)27-13-11-25(12-14-27)26-15-17-29(18-16-26)34-19-4-5-23-7-9-24(10-8-23)20-30(32)33/h2,20,23-29,31H,1,3-19,21-22H2. The molecular weight excluding hydrogens is 458 g/mol. The summed E-state index contributed by atoms with van der Waals surface area (Å²) in [5.74, 6) is 3.97. The zero-order valence-corrected chi connectivity index (χ0v) is 22.4. The minimum Gasteiger partial charge on any atom is -0.378 e. The maximum Gasteiger partial charge on any atom is 0.266 e. The molecule has 3 nitrogen and oxygen atoms in total. The normalized spacial score (nSPS) is 37.8. The van der Waals surface area contributed by atoms with Crippen molar-refractivity contribution in [3.05, 3.63) is 24.8 Å². The second kappa shape index (κ2) is 15.0. The topological polar surface area (TPSA) is 27.7 Å². The average Bonchev–Trinajstić information content (AvgIpc) is 2.91. The van der Waals surface area contributed by atoms with E-state index >= 15 is 0 Å². The van der Waals surface area contributed by atoms with Crippen LogP contribution in [0.4, 0.5) is 8.78 Å². The first-order chi connectivity index (χ1) is 17.6. The predicted molar refractivity (Wildman–Crippen MR) is 141 cm³/mol. The Morgan fingerprint density at radius 1 is 0.750 bits per heavy atom. The molecule has 5 heteroatoms. The van der Waals surface area contributed by atoms with Gasteiger partial charge in [0.05, 0.1) is 19.3 Å². The molecule has 4 rings (SSSR count).